The summed E-state index contributed by atoms with van der Waals surface area (Å²) >= 11 is 1.39. The number of nitrogens with one attached hydrogen (secondary N) is 5. The lowest BCUT2D eigenvalue weighted by atomic mass is 10.1. The van der Waals surface area contributed by atoms with E-state index in [1.165, 1.54) is 11.3 Å². The van der Waals surface area contributed by atoms with Gasteiger partial charge in [0.15, 0.2) is 0 Å². The van der Waals surface area contributed by atoms with Crippen molar-refractivity contribution in [3.8, 4) is 0 Å². The summed E-state index contributed by atoms with van der Waals surface area (Å²) in [5.41, 5.74) is 9.91. The molecule has 3 amide bonds. The fraction of sp³-hybridized carbons (Fsp3) is 0.344. The maximum atomic E-state index is 12.6. The van der Waals surface area contributed by atoms with Crippen LogP contribution in [-0.2, 0) is 40.1 Å². The standard InChI is InChI=1S/C32H39N7O3S/c1-2-3-18-33-28(40)21-24-12-9-13-25(19-24)22-30(42)35-32-39-38-31(43-32)15-8-7-14-26-16-17-27(37-36-26)34-29(41)20-23-10-5-4-6-11-23/h4-6,9-13,16-17,19,36-37H,2-3,7-8,14-15,18,20-22H2,1H3,(H,33,40)(H,34,41)(H,35,39,42). The van der Waals surface area contributed by atoms with Crippen molar-refractivity contribution in [3.05, 3.63) is 100.0 Å². The van der Waals surface area contributed by atoms with Crippen LogP contribution in [0.4, 0.5) is 5.13 Å². The second kappa shape index (κ2) is 16.8. The van der Waals surface area contributed by atoms with Crippen molar-refractivity contribution >= 4 is 34.2 Å². The van der Waals surface area contributed by atoms with E-state index in [1.54, 1.807) is 0 Å². The summed E-state index contributed by atoms with van der Waals surface area (Å²) in [5, 5.41) is 18.3. The number of carbonyl (C=O) groups is 3. The molecule has 1 aromatic heterocycles. The minimum absolute atomic E-state index is 0.00837. The lowest BCUT2D eigenvalue weighted by Gasteiger charge is -2.20. The molecule has 0 spiro atoms. The molecule has 2 aromatic carbocycles. The SMILES string of the molecule is CCCCNC(=O)Cc1cccc(CC(=O)Nc2nnc(CCCCC3=CC=C(NC(=O)Cc4ccccc4)NN3)s2)c1. The molecule has 0 unspecified atom stereocenters. The van der Waals surface area contributed by atoms with Gasteiger partial charge >= 0.3 is 0 Å². The maximum Gasteiger partial charge on any atom is 0.230 e. The van der Waals surface area contributed by atoms with Crippen LogP contribution in [0.25, 0.3) is 0 Å². The molecule has 11 heteroatoms. The number of nitrogens with zero attached hydrogens (tertiary/aromatic N) is 2. The number of aryl methyl sites for hydroxylation is 1. The Hall–Kier alpha value is -4.51. The summed E-state index contributed by atoms with van der Waals surface area (Å²) in [4.78, 5) is 36.9. The number of hydrazine groups is 1. The van der Waals surface area contributed by atoms with Crippen LogP contribution in [0.3, 0.4) is 0 Å². The minimum Gasteiger partial charge on any atom is -0.356 e. The Morgan fingerprint density at radius 2 is 1.44 bits per heavy atom. The molecular weight excluding hydrogens is 562 g/mol. The zero-order valence-corrected chi connectivity index (χ0v) is 25.3. The van der Waals surface area contributed by atoms with E-state index in [-0.39, 0.29) is 24.1 Å². The number of rotatable bonds is 16. The fourth-order valence-electron chi connectivity index (χ4n) is 4.46. The number of aromatic nitrogens is 2. The lowest BCUT2D eigenvalue weighted by molar-refractivity contribution is -0.121. The third-order valence-electron chi connectivity index (χ3n) is 6.66. The van der Waals surface area contributed by atoms with E-state index in [9.17, 15) is 14.4 Å². The largest absolute Gasteiger partial charge is 0.356 e. The molecule has 0 bridgehead atoms. The Balaban J connectivity index is 1.13. The summed E-state index contributed by atoms with van der Waals surface area (Å²) in [6, 6.07) is 17.2. The highest BCUT2D eigenvalue weighted by molar-refractivity contribution is 7.15. The lowest BCUT2D eigenvalue weighted by Crippen LogP contribution is -2.41. The van der Waals surface area contributed by atoms with Gasteiger partial charge < -0.3 is 21.4 Å². The smallest absolute Gasteiger partial charge is 0.230 e. The van der Waals surface area contributed by atoms with Crippen LogP contribution in [0, 0.1) is 0 Å². The monoisotopic (exact) mass is 601 g/mol. The van der Waals surface area contributed by atoms with Crippen molar-refractivity contribution in [2.24, 2.45) is 0 Å². The van der Waals surface area contributed by atoms with Gasteiger partial charge in [-0.1, -0.05) is 79.3 Å². The average Bonchev–Trinajstić information content (AvgIpc) is 3.43. The number of carbonyl (C=O) groups excluding carboxylic acids is 3. The molecule has 0 saturated carbocycles. The average molecular weight is 602 g/mol. The quantitative estimate of drug-likeness (QED) is 0.156. The van der Waals surface area contributed by atoms with Crippen LogP contribution < -0.4 is 26.8 Å². The van der Waals surface area contributed by atoms with Crippen LogP contribution >= 0.6 is 11.3 Å². The first-order chi connectivity index (χ1) is 21.0. The van der Waals surface area contributed by atoms with Gasteiger partial charge in [0.05, 0.1) is 19.3 Å². The number of hydrogen-bond acceptors (Lipinski definition) is 8. The van der Waals surface area contributed by atoms with Gasteiger partial charge in [0, 0.05) is 18.7 Å². The predicted molar refractivity (Wildman–Crippen MR) is 169 cm³/mol. The van der Waals surface area contributed by atoms with Crippen molar-refractivity contribution < 1.29 is 14.4 Å². The Morgan fingerprint density at radius 3 is 2.19 bits per heavy atom. The summed E-state index contributed by atoms with van der Waals surface area (Å²) < 4.78 is 0. The van der Waals surface area contributed by atoms with E-state index < -0.39 is 0 Å². The van der Waals surface area contributed by atoms with Crippen molar-refractivity contribution in [2.75, 3.05) is 11.9 Å². The summed E-state index contributed by atoms with van der Waals surface area (Å²) in [6.45, 7) is 2.77. The second-order valence-corrected chi connectivity index (χ2v) is 11.4. The summed E-state index contributed by atoms with van der Waals surface area (Å²) in [7, 11) is 0. The van der Waals surface area contributed by atoms with E-state index in [1.807, 2.05) is 66.7 Å². The molecule has 5 N–H and O–H groups in total. The molecule has 0 saturated heterocycles. The van der Waals surface area contributed by atoms with E-state index in [2.05, 4.69) is 43.9 Å². The van der Waals surface area contributed by atoms with E-state index in [0.717, 1.165) is 65.9 Å². The molecule has 1 aliphatic rings. The third kappa shape index (κ3) is 11.4. The molecule has 2 heterocycles. The second-order valence-electron chi connectivity index (χ2n) is 10.4. The number of allylic oxidation sites excluding steroid dienone is 3. The number of anilines is 1. The van der Waals surface area contributed by atoms with Crippen molar-refractivity contribution in [1.29, 1.82) is 0 Å². The number of hydrogen-bond donors (Lipinski definition) is 5. The van der Waals surface area contributed by atoms with E-state index in [4.69, 9.17) is 0 Å². The molecule has 43 heavy (non-hydrogen) atoms. The van der Waals surface area contributed by atoms with Gasteiger partial charge in [-0.2, -0.15) is 0 Å². The summed E-state index contributed by atoms with van der Waals surface area (Å²) in [5.74, 6) is 0.361. The van der Waals surface area contributed by atoms with Crippen molar-refractivity contribution in [2.45, 2.75) is 64.7 Å². The first-order valence-electron chi connectivity index (χ1n) is 14.7. The van der Waals surface area contributed by atoms with E-state index >= 15 is 0 Å². The first kappa shape index (κ1) is 31.4. The molecule has 10 nitrogen and oxygen atoms in total. The number of benzene rings is 2. The highest BCUT2D eigenvalue weighted by Gasteiger charge is 2.12. The highest BCUT2D eigenvalue weighted by Crippen LogP contribution is 2.19. The molecule has 0 radical (unpaired) electrons. The minimum atomic E-state index is -0.168. The van der Waals surface area contributed by atoms with E-state index in [0.29, 0.717) is 30.3 Å². The first-order valence-corrected chi connectivity index (χ1v) is 15.5. The molecule has 0 atom stereocenters. The predicted octanol–water partition coefficient (Wildman–Crippen LogP) is 4.08. The van der Waals surface area contributed by atoms with Crippen LogP contribution in [0.5, 0.6) is 0 Å². The Labute approximate surface area is 256 Å². The number of unbranched alkanes of at least 4 members (excludes halogenated alkanes) is 2. The summed E-state index contributed by atoms with van der Waals surface area (Å²) in [6.07, 6.45) is 10.1. The maximum absolute atomic E-state index is 12.6. The van der Waals surface area contributed by atoms with Gasteiger partial charge in [0.25, 0.3) is 0 Å². The van der Waals surface area contributed by atoms with Gasteiger partial charge in [-0.05, 0) is 54.5 Å². The van der Waals surface area contributed by atoms with Gasteiger partial charge in [-0.3, -0.25) is 19.8 Å². The fourth-order valence-corrected chi connectivity index (χ4v) is 5.25. The Morgan fingerprint density at radius 1 is 0.744 bits per heavy atom. The molecule has 1 aliphatic heterocycles. The number of amides is 3. The van der Waals surface area contributed by atoms with Crippen LogP contribution in [0.15, 0.2) is 78.3 Å². The zero-order valence-electron chi connectivity index (χ0n) is 24.4. The molecule has 0 fully saturated rings. The highest BCUT2D eigenvalue weighted by atomic mass is 32.1. The molecule has 226 valence electrons. The van der Waals surface area contributed by atoms with Crippen molar-refractivity contribution in [3.63, 3.8) is 0 Å². The molecule has 4 rings (SSSR count). The van der Waals surface area contributed by atoms with Crippen LogP contribution in [0.2, 0.25) is 0 Å². The van der Waals surface area contributed by atoms with Crippen molar-refractivity contribution in [1.82, 2.24) is 31.7 Å². The third-order valence-corrected chi connectivity index (χ3v) is 7.56. The van der Waals surface area contributed by atoms with Gasteiger partial charge in [0.2, 0.25) is 22.9 Å². The normalized spacial score (nSPS) is 12.3. The van der Waals surface area contributed by atoms with Gasteiger partial charge in [-0.25, -0.2) is 0 Å². The molecule has 3 aromatic rings. The topological polar surface area (TPSA) is 137 Å². The van der Waals surface area contributed by atoms with Gasteiger partial charge in [-0.15, -0.1) is 10.2 Å². The molecule has 0 aliphatic carbocycles. The van der Waals surface area contributed by atoms with Crippen LogP contribution in [0.1, 0.15) is 60.7 Å². The van der Waals surface area contributed by atoms with Crippen LogP contribution in [-0.4, -0.2) is 34.5 Å². The Bertz CT molecular complexity index is 1440. The van der Waals surface area contributed by atoms with Gasteiger partial charge in [0.1, 0.15) is 10.8 Å². The molecular formula is C32H39N7O3S. The zero-order chi connectivity index (χ0) is 30.3. The Kier molecular flexibility index (Phi) is 12.3.